The zero-order valence-electron chi connectivity index (χ0n) is 10.4. The zero-order valence-corrected chi connectivity index (χ0v) is 11.9. The van der Waals surface area contributed by atoms with Gasteiger partial charge in [-0.25, -0.2) is 4.79 Å². The monoisotopic (exact) mass is 298 g/mol. The van der Waals surface area contributed by atoms with E-state index in [1.165, 1.54) is 0 Å². The highest BCUT2D eigenvalue weighted by Gasteiger charge is 2.07. The normalized spacial score (nSPS) is 10.3. The maximum atomic E-state index is 11.8. The molecule has 0 bridgehead atoms. The molecule has 0 spiro atoms. The van der Waals surface area contributed by atoms with Crippen LogP contribution in [0.2, 0.25) is 10.0 Å². The van der Waals surface area contributed by atoms with Gasteiger partial charge in [0.05, 0.1) is 0 Å². The summed E-state index contributed by atoms with van der Waals surface area (Å²) in [7, 11) is 1.80. The van der Waals surface area contributed by atoms with E-state index in [0.29, 0.717) is 21.6 Å². The van der Waals surface area contributed by atoms with E-state index in [1.807, 2.05) is 6.92 Å². The smallest absolute Gasteiger partial charge is 0.308 e. The van der Waals surface area contributed by atoms with Gasteiger partial charge in [-0.3, -0.25) is 10.00 Å². The van der Waals surface area contributed by atoms with Crippen molar-refractivity contribution in [3.05, 3.63) is 40.0 Å². The minimum Gasteiger partial charge on any atom is -0.308 e. The minimum atomic E-state index is -0.406. The molecule has 0 saturated carbocycles. The second kappa shape index (κ2) is 5.50. The van der Waals surface area contributed by atoms with Crippen molar-refractivity contribution in [1.29, 1.82) is 0 Å². The van der Waals surface area contributed by atoms with E-state index >= 15 is 0 Å². The fraction of sp³-hybridized carbons (Fsp3) is 0.167. The largest absolute Gasteiger partial charge is 0.324 e. The van der Waals surface area contributed by atoms with Gasteiger partial charge in [-0.05, 0) is 25.1 Å². The summed E-state index contributed by atoms with van der Waals surface area (Å²) in [5.74, 6) is 0.477. The fourth-order valence-electron chi connectivity index (χ4n) is 1.53. The van der Waals surface area contributed by atoms with Gasteiger partial charge >= 0.3 is 6.03 Å². The Morgan fingerprint density at radius 3 is 2.32 bits per heavy atom. The van der Waals surface area contributed by atoms with E-state index in [4.69, 9.17) is 23.2 Å². The Kier molecular flexibility index (Phi) is 3.97. The highest BCUT2D eigenvalue weighted by atomic mass is 35.5. The lowest BCUT2D eigenvalue weighted by molar-refractivity contribution is 0.262. The molecule has 0 unspecified atom stereocenters. The van der Waals surface area contributed by atoms with Gasteiger partial charge in [0, 0.05) is 34.5 Å². The van der Waals surface area contributed by atoms with Crippen LogP contribution in [0.5, 0.6) is 0 Å². The Morgan fingerprint density at radius 1 is 1.16 bits per heavy atom. The van der Waals surface area contributed by atoms with Crippen molar-refractivity contribution in [3.63, 3.8) is 0 Å². The molecule has 7 heteroatoms. The van der Waals surface area contributed by atoms with Crippen molar-refractivity contribution in [3.8, 4) is 0 Å². The van der Waals surface area contributed by atoms with Gasteiger partial charge in [0.2, 0.25) is 0 Å². The SMILES string of the molecule is Cc1cc(NC(=O)Nc2cc(Cl)cc(Cl)c2)nn1C. The Labute approximate surface area is 120 Å². The van der Waals surface area contributed by atoms with E-state index in [9.17, 15) is 4.79 Å². The molecule has 1 aromatic heterocycles. The quantitative estimate of drug-likeness (QED) is 0.888. The second-order valence-electron chi connectivity index (χ2n) is 4.03. The molecule has 1 heterocycles. The van der Waals surface area contributed by atoms with Gasteiger partial charge in [-0.15, -0.1) is 0 Å². The Bertz CT molecular complexity index is 584. The molecular weight excluding hydrogens is 287 g/mol. The molecule has 19 heavy (non-hydrogen) atoms. The Balaban J connectivity index is 2.05. The van der Waals surface area contributed by atoms with Crippen LogP contribution >= 0.6 is 23.2 Å². The summed E-state index contributed by atoms with van der Waals surface area (Å²) >= 11 is 11.7. The summed E-state index contributed by atoms with van der Waals surface area (Å²) in [5, 5.41) is 10.3. The number of benzene rings is 1. The Hall–Kier alpha value is -1.72. The van der Waals surface area contributed by atoms with Crippen LogP contribution in [0.15, 0.2) is 24.3 Å². The maximum Gasteiger partial charge on any atom is 0.324 e. The first-order chi connectivity index (χ1) is 8.94. The second-order valence-corrected chi connectivity index (χ2v) is 4.90. The lowest BCUT2D eigenvalue weighted by atomic mass is 10.3. The van der Waals surface area contributed by atoms with Crippen molar-refractivity contribution in [2.24, 2.45) is 7.05 Å². The van der Waals surface area contributed by atoms with Crippen molar-refractivity contribution in [2.75, 3.05) is 10.6 Å². The molecule has 2 N–H and O–H groups in total. The number of hydrogen-bond acceptors (Lipinski definition) is 2. The predicted molar refractivity (Wildman–Crippen MR) is 77.0 cm³/mol. The highest BCUT2D eigenvalue weighted by Crippen LogP contribution is 2.22. The van der Waals surface area contributed by atoms with Crippen molar-refractivity contribution in [1.82, 2.24) is 9.78 Å². The topological polar surface area (TPSA) is 59.0 Å². The molecule has 0 radical (unpaired) electrons. The van der Waals surface area contributed by atoms with Crippen LogP contribution in [0.3, 0.4) is 0 Å². The number of rotatable bonds is 2. The van der Waals surface area contributed by atoms with Gasteiger partial charge in [0.15, 0.2) is 5.82 Å². The summed E-state index contributed by atoms with van der Waals surface area (Å²) in [6.45, 7) is 1.90. The number of nitrogens with zero attached hydrogens (tertiary/aromatic N) is 2. The number of urea groups is 1. The number of halogens is 2. The molecule has 1 aromatic carbocycles. The van der Waals surface area contributed by atoms with Crippen LogP contribution in [-0.2, 0) is 7.05 Å². The molecule has 0 fully saturated rings. The van der Waals surface area contributed by atoms with E-state index in [1.54, 1.807) is 36.0 Å². The van der Waals surface area contributed by atoms with Crippen molar-refractivity contribution >= 4 is 40.7 Å². The van der Waals surface area contributed by atoms with Gasteiger partial charge in [0.1, 0.15) is 0 Å². The fourth-order valence-corrected chi connectivity index (χ4v) is 2.05. The van der Waals surface area contributed by atoms with Crippen LogP contribution < -0.4 is 10.6 Å². The predicted octanol–water partition coefficient (Wildman–Crippen LogP) is 3.68. The number of anilines is 2. The molecule has 100 valence electrons. The standard InChI is InChI=1S/C12H12Cl2N4O/c1-7-3-11(17-18(7)2)16-12(19)15-10-5-8(13)4-9(14)6-10/h3-6H,1-2H3,(H2,15,16,17,19). The maximum absolute atomic E-state index is 11.8. The van der Waals surface area contributed by atoms with Gasteiger partial charge in [-0.1, -0.05) is 23.2 Å². The molecule has 2 rings (SSSR count). The van der Waals surface area contributed by atoms with Gasteiger partial charge in [-0.2, -0.15) is 5.10 Å². The minimum absolute atomic E-state index is 0.406. The van der Waals surface area contributed by atoms with Crippen molar-refractivity contribution in [2.45, 2.75) is 6.92 Å². The zero-order chi connectivity index (χ0) is 14.0. The molecule has 2 amide bonds. The number of nitrogens with one attached hydrogen (secondary N) is 2. The van der Waals surface area contributed by atoms with Crippen LogP contribution in [0.1, 0.15) is 5.69 Å². The van der Waals surface area contributed by atoms with Crippen LogP contribution in [0.4, 0.5) is 16.3 Å². The molecule has 0 aliphatic heterocycles. The van der Waals surface area contributed by atoms with Crippen LogP contribution in [0.25, 0.3) is 0 Å². The number of carbonyl (C=O) groups excluding carboxylic acids is 1. The molecule has 2 aromatic rings. The highest BCUT2D eigenvalue weighted by molar-refractivity contribution is 6.35. The lowest BCUT2D eigenvalue weighted by Crippen LogP contribution is -2.19. The third-order valence-corrected chi connectivity index (χ3v) is 2.91. The summed E-state index contributed by atoms with van der Waals surface area (Å²) in [4.78, 5) is 11.8. The molecule has 0 saturated heterocycles. The number of hydrogen-bond donors (Lipinski definition) is 2. The average molecular weight is 299 g/mol. The molecule has 0 aliphatic rings. The van der Waals surface area contributed by atoms with E-state index in [-0.39, 0.29) is 0 Å². The third-order valence-electron chi connectivity index (χ3n) is 2.48. The lowest BCUT2D eigenvalue weighted by Gasteiger charge is -2.06. The van der Waals surface area contributed by atoms with Crippen LogP contribution in [0, 0.1) is 6.92 Å². The van der Waals surface area contributed by atoms with E-state index in [0.717, 1.165) is 5.69 Å². The molecular formula is C12H12Cl2N4O. The van der Waals surface area contributed by atoms with E-state index in [2.05, 4.69) is 15.7 Å². The number of aryl methyl sites for hydroxylation is 2. The summed E-state index contributed by atoms with van der Waals surface area (Å²) in [6, 6.07) is 6.17. The third kappa shape index (κ3) is 3.62. The molecule has 0 atom stereocenters. The Morgan fingerprint density at radius 2 is 1.79 bits per heavy atom. The average Bonchev–Trinajstić information content (AvgIpc) is 2.55. The van der Waals surface area contributed by atoms with E-state index < -0.39 is 6.03 Å². The van der Waals surface area contributed by atoms with Gasteiger partial charge in [0.25, 0.3) is 0 Å². The van der Waals surface area contributed by atoms with Crippen LogP contribution in [-0.4, -0.2) is 15.8 Å². The molecule has 5 nitrogen and oxygen atoms in total. The molecule has 0 aliphatic carbocycles. The first-order valence-electron chi connectivity index (χ1n) is 5.49. The summed E-state index contributed by atoms with van der Waals surface area (Å²) in [6.07, 6.45) is 0. The van der Waals surface area contributed by atoms with Gasteiger partial charge < -0.3 is 5.32 Å². The number of amides is 2. The van der Waals surface area contributed by atoms with Crippen molar-refractivity contribution < 1.29 is 4.79 Å². The summed E-state index contributed by atoms with van der Waals surface area (Å²) in [5.41, 5.74) is 1.46. The number of aromatic nitrogens is 2. The first kappa shape index (κ1) is 13.7. The first-order valence-corrected chi connectivity index (χ1v) is 6.24. The number of carbonyl (C=O) groups is 1. The summed E-state index contributed by atoms with van der Waals surface area (Å²) < 4.78 is 1.67.